The van der Waals surface area contributed by atoms with Crippen LogP contribution in [-0.4, -0.2) is 31.1 Å². The highest BCUT2D eigenvalue weighted by atomic mass is 16.2. The molecule has 0 unspecified atom stereocenters. The van der Waals surface area contributed by atoms with Crippen molar-refractivity contribution in [1.82, 2.24) is 25.1 Å². The summed E-state index contributed by atoms with van der Waals surface area (Å²) in [7, 11) is 0. The highest BCUT2D eigenvalue weighted by Crippen LogP contribution is 2.33. The summed E-state index contributed by atoms with van der Waals surface area (Å²) in [6.07, 6.45) is 8.70. The Morgan fingerprint density at radius 2 is 2.04 bits per heavy atom. The summed E-state index contributed by atoms with van der Waals surface area (Å²) in [6, 6.07) is 7.54. The van der Waals surface area contributed by atoms with Gasteiger partial charge in [-0.2, -0.15) is 5.10 Å². The Hall–Kier alpha value is -3.81. The van der Waals surface area contributed by atoms with Gasteiger partial charge in [0, 0.05) is 47.2 Å². The summed E-state index contributed by atoms with van der Waals surface area (Å²) < 4.78 is 0. The molecule has 0 aromatic carbocycles. The van der Waals surface area contributed by atoms with Crippen molar-refractivity contribution in [2.24, 2.45) is 5.92 Å². The second kappa shape index (κ2) is 6.41. The molecule has 0 radical (unpaired) electrons. The lowest BCUT2D eigenvalue weighted by Gasteiger charge is -2.11. The summed E-state index contributed by atoms with van der Waals surface area (Å²) in [4.78, 5) is 25.1. The molecule has 0 aliphatic heterocycles. The fourth-order valence-corrected chi connectivity index (χ4v) is 3.19. The molecule has 0 atom stereocenters. The van der Waals surface area contributed by atoms with Crippen LogP contribution in [0.4, 0.5) is 11.6 Å². The van der Waals surface area contributed by atoms with Crippen LogP contribution in [0.2, 0.25) is 0 Å². The van der Waals surface area contributed by atoms with E-state index < -0.39 is 0 Å². The molecule has 1 fully saturated rings. The van der Waals surface area contributed by atoms with E-state index in [0.717, 1.165) is 40.4 Å². The van der Waals surface area contributed by atoms with Crippen molar-refractivity contribution >= 4 is 28.3 Å². The molecule has 4 heterocycles. The minimum absolute atomic E-state index is 0.0166. The number of aromatic nitrogens is 5. The highest BCUT2D eigenvalue weighted by Gasteiger charge is 2.29. The normalized spacial score (nSPS) is 13.6. The number of aromatic amines is 1. The van der Waals surface area contributed by atoms with Crippen molar-refractivity contribution in [2.75, 3.05) is 11.1 Å². The molecule has 28 heavy (non-hydrogen) atoms. The molecule has 8 heteroatoms. The van der Waals surface area contributed by atoms with E-state index in [1.54, 1.807) is 24.8 Å². The molecule has 0 bridgehead atoms. The van der Waals surface area contributed by atoms with Crippen LogP contribution in [0.25, 0.3) is 33.3 Å². The third kappa shape index (κ3) is 2.94. The first kappa shape index (κ1) is 16.4. The first-order valence-corrected chi connectivity index (χ1v) is 9.00. The molecule has 1 aliphatic rings. The molecule has 4 N–H and O–H groups in total. The van der Waals surface area contributed by atoms with Crippen LogP contribution in [0.1, 0.15) is 12.8 Å². The Morgan fingerprint density at radius 3 is 2.82 bits per heavy atom. The smallest absolute Gasteiger partial charge is 0.228 e. The van der Waals surface area contributed by atoms with E-state index in [9.17, 15) is 4.79 Å². The third-order valence-electron chi connectivity index (χ3n) is 4.83. The molecule has 1 amide bonds. The first-order chi connectivity index (χ1) is 13.7. The van der Waals surface area contributed by atoms with E-state index in [1.807, 2.05) is 24.3 Å². The Morgan fingerprint density at radius 1 is 1.14 bits per heavy atom. The van der Waals surface area contributed by atoms with Gasteiger partial charge in [-0.1, -0.05) is 0 Å². The number of fused-ring (bicyclic) bond motifs is 1. The van der Waals surface area contributed by atoms with Crippen LogP contribution in [0.3, 0.4) is 0 Å². The van der Waals surface area contributed by atoms with Crippen LogP contribution in [0, 0.1) is 5.92 Å². The summed E-state index contributed by atoms with van der Waals surface area (Å²) in [5.74, 6) is 1.02. The number of amides is 1. The molecular formula is C20H17N7O. The van der Waals surface area contributed by atoms with Gasteiger partial charge in [0.25, 0.3) is 0 Å². The fourth-order valence-electron chi connectivity index (χ4n) is 3.19. The van der Waals surface area contributed by atoms with Gasteiger partial charge in [0.2, 0.25) is 5.91 Å². The number of hydrogen-bond donors (Lipinski definition) is 3. The van der Waals surface area contributed by atoms with E-state index >= 15 is 0 Å². The summed E-state index contributed by atoms with van der Waals surface area (Å²) in [6.45, 7) is 0. The van der Waals surface area contributed by atoms with Crippen molar-refractivity contribution in [3.05, 3.63) is 49.1 Å². The maximum Gasteiger partial charge on any atom is 0.228 e. The third-order valence-corrected chi connectivity index (χ3v) is 4.83. The highest BCUT2D eigenvalue weighted by molar-refractivity contribution is 5.98. The molecule has 1 aliphatic carbocycles. The lowest BCUT2D eigenvalue weighted by atomic mass is 10.0. The zero-order chi connectivity index (χ0) is 19.1. The quantitative estimate of drug-likeness (QED) is 0.507. The van der Waals surface area contributed by atoms with Crippen molar-refractivity contribution < 1.29 is 4.79 Å². The lowest BCUT2D eigenvalue weighted by Crippen LogP contribution is -2.14. The van der Waals surface area contributed by atoms with Crippen molar-refractivity contribution in [1.29, 1.82) is 0 Å². The van der Waals surface area contributed by atoms with Gasteiger partial charge in [-0.15, -0.1) is 0 Å². The van der Waals surface area contributed by atoms with Crippen molar-refractivity contribution in [3.63, 3.8) is 0 Å². The molecule has 0 saturated heterocycles. The van der Waals surface area contributed by atoms with Gasteiger partial charge in [-0.05, 0) is 42.5 Å². The number of nitrogen functional groups attached to an aromatic ring is 1. The Balaban J connectivity index is 1.60. The predicted molar refractivity (Wildman–Crippen MR) is 106 cm³/mol. The van der Waals surface area contributed by atoms with E-state index in [4.69, 9.17) is 5.73 Å². The van der Waals surface area contributed by atoms with Crippen molar-refractivity contribution in [3.8, 4) is 22.5 Å². The van der Waals surface area contributed by atoms with Crippen LogP contribution in [0.15, 0.2) is 49.1 Å². The monoisotopic (exact) mass is 371 g/mol. The standard InChI is InChI=1S/C20H17N7O/c21-19-14-10-23-18(26-20(28)11-1-2-11)8-12(14)7-17(25-19)15-9-22-5-3-13(15)16-4-6-24-27-16/h3-11H,1-2H2,(H2,21,25)(H,24,27)(H,23,26,28). The largest absolute Gasteiger partial charge is 0.383 e. The molecule has 138 valence electrons. The number of carbonyl (C=O) groups excluding carboxylic acids is 1. The summed E-state index contributed by atoms with van der Waals surface area (Å²) >= 11 is 0. The van der Waals surface area contributed by atoms with Crippen LogP contribution in [0.5, 0.6) is 0 Å². The molecule has 4 aromatic heterocycles. The molecular weight excluding hydrogens is 354 g/mol. The van der Waals surface area contributed by atoms with Crippen LogP contribution < -0.4 is 11.1 Å². The lowest BCUT2D eigenvalue weighted by molar-refractivity contribution is -0.117. The number of nitrogens with zero attached hydrogens (tertiary/aromatic N) is 4. The van der Waals surface area contributed by atoms with Crippen LogP contribution >= 0.6 is 0 Å². The van der Waals surface area contributed by atoms with Gasteiger partial charge in [0.1, 0.15) is 11.6 Å². The maximum atomic E-state index is 12.0. The summed E-state index contributed by atoms with van der Waals surface area (Å²) in [5.41, 5.74) is 9.51. The van der Waals surface area contributed by atoms with Crippen molar-refractivity contribution in [2.45, 2.75) is 12.8 Å². The second-order valence-corrected chi connectivity index (χ2v) is 6.84. The zero-order valence-corrected chi connectivity index (χ0v) is 14.9. The SMILES string of the molecule is Nc1nc(-c2cnccc2-c2ccn[nH]2)cc2cc(NC(=O)C3CC3)ncc12. The number of nitrogens with one attached hydrogen (secondary N) is 2. The van der Waals surface area contributed by atoms with Gasteiger partial charge in [0.15, 0.2) is 0 Å². The number of rotatable bonds is 4. The molecule has 4 aromatic rings. The average Bonchev–Trinajstić information content (AvgIpc) is 3.42. The first-order valence-electron chi connectivity index (χ1n) is 9.00. The van der Waals surface area contributed by atoms with E-state index in [2.05, 4.69) is 30.5 Å². The Labute approximate surface area is 160 Å². The predicted octanol–water partition coefficient (Wildman–Crippen LogP) is 3.01. The Kier molecular flexibility index (Phi) is 3.75. The average molecular weight is 371 g/mol. The fraction of sp³-hybridized carbons (Fsp3) is 0.150. The van der Waals surface area contributed by atoms with E-state index in [-0.39, 0.29) is 11.8 Å². The van der Waals surface area contributed by atoms with Gasteiger partial charge >= 0.3 is 0 Å². The van der Waals surface area contributed by atoms with E-state index in [0.29, 0.717) is 17.3 Å². The molecule has 8 nitrogen and oxygen atoms in total. The van der Waals surface area contributed by atoms with Gasteiger partial charge < -0.3 is 11.1 Å². The Bertz CT molecular complexity index is 1180. The second-order valence-electron chi connectivity index (χ2n) is 6.84. The maximum absolute atomic E-state index is 12.0. The molecule has 0 spiro atoms. The zero-order valence-electron chi connectivity index (χ0n) is 14.9. The minimum Gasteiger partial charge on any atom is -0.383 e. The molecule has 5 rings (SSSR count). The topological polar surface area (TPSA) is 122 Å². The number of anilines is 2. The van der Waals surface area contributed by atoms with Gasteiger partial charge in [-0.3, -0.25) is 14.9 Å². The number of H-pyrrole nitrogens is 1. The summed E-state index contributed by atoms with van der Waals surface area (Å²) in [5, 5.41) is 11.4. The van der Waals surface area contributed by atoms with Crippen LogP contribution in [-0.2, 0) is 4.79 Å². The van der Waals surface area contributed by atoms with Gasteiger partial charge in [-0.25, -0.2) is 9.97 Å². The minimum atomic E-state index is 0.0166. The molecule has 1 saturated carbocycles. The number of carbonyl (C=O) groups is 1. The number of nitrogens with two attached hydrogens (primary N) is 1. The number of hydrogen-bond acceptors (Lipinski definition) is 6. The van der Waals surface area contributed by atoms with Gasteiger partial charge in [0.05, 0.1) is 11.4 Å². The number of pyridine rings is 3. The van der Waals surface area contributed by atoms with E-state index in [1.165, 1.54) is 0 Å².